The molecule has 0 fully saturated rings. The van der Waals surface area contributed by atoms with Crippen LogP contribution in [0.5, 0.6) is 0 Å². The summed E-state index contributed by atoms with van der Waals surface area (Å²) in [6, 6.07) is 32.4. The van der Waals surface area contributed by atoms with Crippen LogP contribution in [0.4, 0.5) is 0 Å². The van der Waals surface area contributed by atoms with E-state index in [1.54, 1.807) is 4.57 Å². The monoisotopic (exact) mass is 661 g/mol. The predicted molar refractivity (Wildman–Crippen MR) is 213 cm³/mol. The Morgan fingerprint density at radius 1 is 0.431 bits per heavy atom. The highest BCUT2D eigenvalue weighted by atomic mass is 16.3. The molecule has 0 radical (unpaired) electrons. The molecule has 8 aromatic carbocycles. The number of para-hydroxylation sites is 4. The molecule has 0 amide bonds. The van der Waals surface area contributed by atoms with Gasteiger partial charge in [-0.05, 0) is 77.3 Å². The van der Waals surface area contributed by atoms with Gasteiger partial charge in [-0.25, -0.2) is 0 Å². The molecule has 3 heterocycles. The van der Waals surface area contributed by atoms with Crippen LogP contribution in [0.2, 0.25) is 0 Å². The number of fused-ring (bicyclic) bond motifs is 9. The Kier molecular flexibility index (Phi) is 4.11. The third kappa shape index (κ3) is 4.12. The van der Waals surface area contributed by atoms with Gasteiger partial charge >= 0.3 is 0 Å². The molecule has 0 aliphatic heterocycles. The zero-order valence-electron chi connectivity index (χ0n) is 37.8. The third-order valence-corrected chi connectivity index (χ3v) is 9.77. The second-order valence-corrected chi connectivity index (χ2v) is 12.5. The third-order valence-electron chi connectivity index (χ3n) is 9.77. The van der Waals surface area contributed by atoms with Crippen molar-refractivity contribution < 1.29 is 19.5 Å². The van der Waals surface area contributed by atoms with E-state index in [2.05, 4.69) is 53.1 Å². The van der Waals surface area contributed by atoms with Gasteiger partial charge in [0.15, 0.2) is 0 Å². The minimum absolute atomic E-state index is 0.0423. The van der Waals surface area contributed by atoms with E-state index in [0.717, 1.165) is 49.4 Å². The molecule has 0 aliphatic carbocycles. The van der Waals surface area contributed by atoms with Crippen molar-refractivity contribution in [2.75, 3.05) is 0 Å². The summed E-state index contributed by atoms with van der Waals surface area (Å²) in [5.41, 5.74) is 5.28. The van der Waals surface area contributed by atoms with Gasteiger partial charge in [0, 0.05) is 38.2 Å². The lowest BCUT2D eigenvalue weighted by molar-refractivity contribution is 0.670. The van der Waals surface area contributed by atoms with Crippen LogP contribution >= 0.6 is 0 Å². The lowest BCUT2D eigenvalue weighted by atomic mass is 10.0. The largest absolute Gasteiger partial charge is 0.455 e. The molecule has 0 N–H and O–H groups in total. The van der Waals surface area contributed by atoms with E-state index < -0.39 is 66.5 Å². The van der Waals surface area contributed by atoms with Crippen molar-refractivity contribution in [3.63, 3.8) is 0 Å². The Hall–Kier alpha value is -6.84. The minimum atomic E-state index is -0.650. The molecule has 51 heavy (non-hydrogen) atoms. The first-order valence-corrected chi connectivity index (χ1v) is 16.5. The summed E-state index contributed by atoms with van der Waals surface area (Å²) in [5.74, 6) is 0. The molecular weight excluding hydrogens is 621 g/mol. The number of hydrogen-bond acceptors (Lipinski definition) is 1. The highest BCUT2D eigenvalue weighted by molar-refractivity contribution is 6.17. The van der Waals surface area contributed by atoms with Crippen molar-refractivity contribution in [3.8, 4) is 33.6 Å². The van der Waals surface area contributed by atoms with E-state index in [0.29, 0.717) is 11.0 Å². The first-order valence-electron chi connectivity index (χ1n) is 22.0. The number of benzene rings is 8. The van der Waals surface area contributed by atoms with Gasteiger partial charge in [-0.1, -0.05) is 121 Å². The maximum Gasteiger partial charge on any atom is 0.145 e. The number of furan rings is 1. The molecule has 3 nitrogen and oxygen atoms in total. The van der Waals surface area contributed by atoms with Crippen molar-refractivity contribution >= 4 is 65.6 Å². The van der Waals surface area contributed by atoms with E-state index >= 15 is 0 Å². The minimum Gasteiger partial charge on any atom is -0.455 e. The zero-order chi connectivity index (χ0) is 43.0. The highest BCUT2D eigenvalue weighted by Gasteiger charge is 2.21. The fraction of sp³-hybridized carbons (Fsp3) is 0. The predicted octanol–water partition coefficient (Wildman–Crippen LogP) is 13.1. The van der Waals surface area contributed by atoms with Crippen molar-refractivity contribution in [3.05, 3.63) is 182 Å². The first kappa shape index (κ1) is 19.4. The number of hydrogen-bond donors (Lipinski definition) is 0. The van der Waals surface area contributed by atoms with Gasteiger partial charge in [0.2, 0.25) is 0 Å². The second kappa shape index (κ2) is 10.8. The Morgan fingerprint density at radius 2 is 1.08 bits per heavy atom. The quantitative estimate of drug-likeness (QED) is 0.184. The van der Waals surface area contributed by atoms with Crippen LogP contribution in [0.25, 0.3) is 99.2 Å². The van der Waals surface area contributed by atoms with Crippen LogP contribution in [0.1, 0.15) is 15.1 Å². The lowest BCUT2D eigenvalue weighted by Crippen LogP contribution is -1.95. The second-order valence-electron chi connectivity index (χ2n) is 12.5. The number of aromatic nitrogens is 2. The van der Waals surface area contributed by atoms with E-state index in [1.165, 1.54) is 0 Å². The van der Waals surface area contributed by atoms with Crippen LogP contribution in [0.15, 0.2) is 186 Å². The Bertz CT molecular complexity index is 3750. The molecule has 3 heteroatoms. The normalized spacial score (nSPS) is 14.9. The van der Waals surface area contributed by atoms with Gasteiger partial charge < -0.3 is 13.6 Å². The topological polar surface area (TPSA) is 23.0 Å². The molecule has 0 spiro atoms. The summed E-state index contributed by atoms with van der Waals surface area (Å²) in [4.78, 5) is 0. The molecule has 0 bridgehead atoms. The molecule has 0 atom stereocenters. The highest BCUT2D eigenvalue weighted by Crippen LogP contribution is 2.43. The molecule has 238 valence electrons. The molecule has 0 saturated heterocycles. The van der Waals surface area contributed by atoms with Crippen molar-refractivity contribution in [1.82, 2.24) is 9.13 Å². The van der Waals surface area contributed by atoms with Crippen molar-refractivity contribution in [1.29, 1.82) is 0 Å². The van der Waals surface area contributed by atoms with Gasteiger partial charge in [-0.3, -0.25) is 0 Å². The Labute approximate surface area is 309 Å². The van der Waals surface area contributed by atoms with Gasteiger partial charge in [0.1, 0.15) is 11.2 Å². The van der Waals surface area contributed by atoms with Crippen LogP contribution in [-0.4, -0.2) is 9.13 Å². The lowest BCUT2D eigenvalue weighted by Gasteiger charge is -2.12. The van der Waals surface area contributed by atoms with E-state index in [-0.39, 0.29) is 38.8 Å². The maximum atomic E-state index is 9.71. The average Bonchev–Trinajstić information content (AvgIpc) is 3.96. The molecular formula is C48H30N2O. The smallest absolute Gasteiger partial charge is 0.145 e. The summed E-state index contributed by atoms with van der Waals surface area (Å²) in [6.07, 6.45) is 0. The molecule has 0 aliphatic rings. The fourth-order valence-electron chi connectivity index (χ4n) is 7.58. The van der Waals surface area contributed by atoms with E-state index in [1.807, 2.05) is 66.7 Å². The molecule has 0 saturated carbocycles. The van der Waals surface area contributed by atoms with E-state index in [9.17, 15) is 2.74 Å². The summed E-state index contributed by atoms with van der Waals surface area (Å²) in [6.45, 7) is 0. The van der Waals surface area contributed by atoms with Crippen molar-refractivity contribution in [2.24, 2.45) is 0 Å². The summed E-state index contributed by atoms with van der Waals surface area (Å²) in [5, 5.41) is 3.85. The average molecular weight is 662 g/mol. The molecule has 3 aromatic heterocycles. The number of rotatable bonds is 4. The SMILES string of the molecule is [2H]c1c([2H])c([2H])c(-c2c([2H])c([2H])c(-n3c4ccccc4c4cc(-c5ccc6c7ccccc7n(-c7ccccc7)c6c5)ccc43)c3c2oc2c([2H])c([2H])c([2H])c([2H])c23)c([2H])c1[2H]. The molecule has 11 rings (SSSR count). The van der Waals surface area contributed by atoms with Gasteiger partial charge in [0.05, 0.1) is 48.2 Å². The number of nitrogens with zero attached hydrogens (tertiary/aromatic N) is 2. The summed E-state index contributed by atoms with van der Waals surface area (Å²) in [7, 11) is 0. The zero-order valence-corrected chi connectivity index (χ0v) is 26.8. The van der Waals surface area contributed by atoms with Crippen LogP contribution in [-0.2, 0) is 0 Å². The Morgan fingerprint density at radius 3 is 1.92 bits per heavy atom. The fourth-order valence-corrected chi connectivity index (χ4v) is 7.58. The summed E-state index contributed by atoms with van der Waals surface area (Å²) < 4.78 is 107. The standard InChI is InChI=1S/C48H30N2O/c1-3-13-31(14-4-1)35-26-28-44(47-39-19-9-12-22-46(39)51-48(35)47)50-42-21-11-8-18-37(42)40-29-32(24-27-43(40)50)33-23-25-38-36-17-7-10-20-41(36)49(45(38)30-33)34-15-5-2-6-16-34/h1-30H/i1D,3D,4D,9D,12D,13D,14D,19D,22D,26D,28D. The van der Waals surface area contributed by atoms with Gasteiger partial charge in [-0.2, -0.15) is 0 Å². The summed E-state index contributed by atoms with van der Waals surface area (Å²) >= 11 is 0. The van der Waals surface area contributed by atoms with Crippen molar-refractivity contribution in [2.45, 2.75) is 0 Å². The molecule has 0 unspecified atom stereocenters. The van der Waals surface area contributed by atoms with Crippen LogP contribution in [0.3, 0.4) is 0 Å². The van der Waals surface area contributed by atoms with Gasteiger partial charge in [0.25, 0.3) is 0 Å². The van der Waals surface area contributed by atoms with Crippen LogP contribution < -0.4 is 0 Å². The maximum absolute atomic E-state index is 9.71. The van der Waals surface area contributed by atoms with Gasteiger partial charge in [-0.15, -0.1) is 0 Å². The Balaban J connectivity index is 1.23. The van der Waals surface area contributed by atoms with E-state index in [4.69, 9.17) is 16.8 Å². The molecule has 11 aromatic rings. The van der Waals surface area contributed by atoms with Crippen LogP contribution in [0, 0.1) is 0 Å². The first-order chi connectivity index (χ1) is 29.9.